The van der Waals surface area contributed by atoms with Gasteiger partial charge in [0.15, 0.2) is 0 Å². The maximum absolute atomic E-state index is 12.7. The van der Waals surface area contributed by atoms with Gasteiger partial charge in [-0.1, -0.05) is 48.0 Å². The number of amides is 1. The number of carbonyl (C=O) groups is 1. The van der Waals surface area contributed by atoms with E-state index in [2.05, 4.69) is 10.3 Å². The molecule has 0 aliphatic heterocycles. The van der Waals surface area contributed by atoms with E-state index in [-0.39, 0.29) is 11.9 Å². The van der Waals surface area contributed by atoms with Crippen molar-refractivity contribution in [3.63, 3.8) is 0 Å². The minimum absolute atomic E-state index is 0.114. The molecule has 0 saturated carbocycles. The van der Waals surface area contributed by atoms with Crippen molar-refractivity contribution < 1.29 is 4.79 Å². The van der Waals surface area contributed by atoms with Crippen molar-refractivity contribution >= 4 is 17.5 Å². The number of nitrogens with zero attached hydrogens (tertiary/aromatic N) is 1. The Morgan fingerprint density at radius 3 is 2.42 bits per heavy atom. The highest BCUT2D eigenvalue weighted by Crippen LogP contribution is 2.24. The Bertz CT molecular complexity index is 832. The van der Waals surface area contributed by atoms with Crippen LogP contribution in [0.2, 0.25) is 5.02 Å². The molecule has 1 amide bonds. The third-order valence-corrected chi connectivity index (χ3v) is 4.14. The molecule has 1 N–H and O–H groups in total. The van der Waals surface area contributed by atoms with Crippen molar-refractivity contribution in [2.24, 2.45) is 0 Å². The monoisotopic (exact) mass is 336 g/mol. The topological polar surface area (TPSA) is 42.0 Å². The number of aryl methyl sites for hydroxylation is 1. The van der Waals surface area contributed by atoms with Crippen molar-refractivity contribution in [2.45, 2.75) is 13.0 Å². The summed E-state index contributed by atoms with van der Waals surface area (Å²) in [6, 6.07) is 18.5. The molecule has 4 heteroatoms. The molecule has 0 bridgehead atoms. The van der Waals surface area contributed by atoms with Gasteiger partial charge in [0.25, 0.3) is 5.91 Å². The van der Waals surface area contributed by atoms with Gasteiger partial charge in [-0.2, -0.15) is 0 Å². The molecular weight excluding hydrogens is 320 g/mol. The van der Waals surface area contributed by atoms with Crippen LogP contribution in [0.4, 0.5) is 0 Å². The Labute approximate surface area is 146 Å². The minimum atomic E-state index is -0.289. The van der Waals surface area contributed by atoms with Gasteiger partial charge in [0, 0.05) is 23.0 Å². The number of aromatic nitrogens is 1. The summed E-state index contributed by atoms with van der Waals surface area (Å²) in [7, 11) is 0. The highest BCUT2D eigenvalue weighted by Gasteiger charge is 2.18. The number of benzene rings is 2. The number of hydrogen-bond acceptors (Lipinski definition) is 2. The summed E-state index contributed by atoms with van der Waals surface area (Å²) in [6.07, 6.45) is 3.48. The fourth-order valence-electron chi connectivity index (χ4n) is 2.60. The summed E-state index contributed by atoms with van der Waals surface area (Å²) >= 11 is 5.99. The molecule has 0 radical (unpaired) electrons. The Balaban J connectivity index is 1.95. The smallest absolute Gasteiger partial charge is 0.252 e. The van der Waals surface area contributed by atoms with Gasteiger partial charge in [0.2, 0.25) is 0 Å². The molecule has 0 saturated heterocycles. The van der Waals surface area contributed by atoms with E-state index in [1.807, 2.05) is 67.6 Å². The molecule has 0 spiro atoms. The molecule has 1 atom stereocenters. The second-order valence-corrected chi connectivity index (χ2v) is 6.00. The van der Waals surface area contributed by atoms with Crippen LogP contribution in [0.15, 0.2) is 73.1 Å². The third-order valence-electron chi connectivity index (χ3n) is 3.89. The molecule has 2 aromatic carbocycles. The second-order valence-electron chi connectivity index (χ2n) is 5.56. The lowest BCUT2D eigenvalue weighted by Crippen LogP contribution is -2.29. The normalized spacial score (nSPS) is 11.8. The standard InChI is InChI=1S/C20H17ClN2O/c1-14-5-2-3-7-18(14)20(24)23-19(16-6-4-12-22-13-16)15-8-10-17(21)11-9-15/h2-13,19H,1H3,(H,23,24). The first-order valence-corrected chi connectivity index (χ1v) is 8.05. The summed E-state index contributed by atoms with van der Waals surface area (Å²) in [6.45, 7) is 1.93. The van der Waals surface area contributed by atoms with E-state index in [0.717, 1.165) is 16.7 Å². The van der Waals surface area contributed by atoms with Gasteiger partial charge in [-0.3, -0.25) is 9.78 Å². The van der Waals surface area contributed by atoms with Gasteiger partial charge in [0.1, 0.15) is 0 Å². The van der Waals surface area contributed by atoms with Crippen LogP contribution in [-0.2, 0) is 0 Å². The number of hydrogen-bond donors (Lipinski definition) is 1. The van der Waals surface area contributed by atoms with Gasteiger partial charge in [-0.15, -0.1) is 0 Å². The first-order chi connectivity index (χ1) is 11.6. The molecule has 3 aromatic rings. The van der Waals surface area contributed by atoms with Crippen molar-refractivity contribution in [1.29, 1.82) is 0 Å². The van der Waals surface area contributed by atoms with Crippen molar-refractivity contribution in [3.8, 4) is 0 Å². The molecule has 3 nitrogen and oxygen atoms in total. The third kappa shape index (κ3) is 3.63. The molecule has 120 valence electrons. The van der Waals surface area contributed by atoms with E-state index in [1.54, 1.807) is 12.4 Å². The zero-order chi connectivity index (χ0) is 16.9. The van der Waals surface area contributed by atoms with Crippen LogP contribution >= 0.6 is 11.6 Å². The van der Waals surface area contributed by atoms with Crippen LogP contribution in [0.1, 0.15) is 33.1 Å². The Hall–Kier alpha value is -2.65. The number of carbonyl (C=O) groups excluding carboxylic acids is 1. The first kappa shape index (κ1) is 16.2. The largest absolute Gasteiger partial charge is 0.341 e. The van der Waals surface area contributed by atoms with Gasteiger partial charge < -0.3 is 5.32 Å². The van der Waals surface area contributed by atoms with Crippen LogP contribution in [-0.4, -0.2) is 10.9 Å². The average Bonchev–Trinajstić information content (AvgIpc) is 2.61. The Morgan fingerprint density at radius 1 is 1.00 bits per heavy atom. The lowest BCUT2D eigenvalue weighted by atomic mass is 9.99. The van der Waals surface area contributed by atoms with Crippen LogP contribution < -0.4 is 5.32 Å². The molecule has 1 unspecified atom stereocenters. The first-order valence-electron chi connectivity index (χ1n) is 7.67. The van der Waals surface area contributed by atoms with Gasteiger partial charge in [-0.05, 0) is 47.9 Å². The van der Waals surface area contributed by atoms with Crippen LogP contribution in [0, 0.1) is 6.92 Å². The molecule has 1 aromatic heterocycles. The zero-order valence-corrected chi connectivity index (χ0v) is 14.0. The molecule has 24 heavy (non-hydrogen) atoms. The Kier molecular flexibility index (Phi) is 4.92. The molecule has 0 fully saturated rings. The quantitative estimate of drug-likeness (QED) is 0.758. The van der Waals surface area contributed by atoms with Crippen LogP contribution in [0.25, 0.3) is 0 Å². The zero-order valence-electron chi connectivity index (χ0n) is 13.2. The van der Waals surface area contributed by atoms with E-state index in [4.69, 9.17) is 11.6 Å². The highest BCUT2D eigenvalue weighted by atomic mass is 35.5. The number of rotatable bonds is 4. The van der Waals surface area contributed by atoms with E-state index in [0.29, 0.717) is 10.6 Å². The molecule has 0 aliphatic rings. The number of halogens is 1. The summed E-state index contributed by atoms with van der Waals surface area (Å²) in [5, 5.41) is 3.77. The highest BCUT2D eigenvalue weighted by molar-refractivity contribution is 6.30. The van der Waals surface area contributed by atoms with Gasteiger partial charge in [-0.25, -0.2) is 0 Å². The summed E-state index contributed by atoms with van der Waals surface area (Å²) in [5.74, 6) is -0.114. The van der Waals surface area contributed by atoms with Crippen molar-refractivity contribution in [3.05, 3.63) is 100 Å². The maximum Gasteiger partial charge on any atom is 0.252 e. The summed E-state index contributed by atoms with van der Waals surface area (Å²) in [5.41, 5.74) is 3.48. The predicted molar refractivity (Wildman–Crippen MR) is 96.2 cm³/mol. The lowest BCUT2D eigenvalue weighted by Gasteiger charge is -2.20. The fraction of sp³-hybridized carbons (Fsp3) is 0.100. The SMILES string of the molecule is Cc1ccccc1C(=O)NC(c1ccc(Cl)cc1)c1cccnc1. The van der Waals surface area contributed by atoms with Crippen LogP contribution in [0.5, 0.6) is 0 Å². The minimum Gasteiger partial charge on any atom is -0.341 e. The van der Waals surface area contributed by atoms with E-state index < -0.39 is 0 Å². The second kappa shape index (κ2) is 7.28. The summed E-state index contributed by atoms with van der Waals surface area (Å²) < 4.78 is 0. The predicted octanol–water partition coefficient (Wildman–Crippen LogP) is 4.56. The molecule has 1 heterocycles. The molecule has 0 aliphatic carbocycles. The summed E-state index contributed by atoms with van der Waals surface area (Å²) in [4.78, 5) is 16.9. The van der Waals surface area contributed by atoms with Crippen LogP contribution in [0.3, 0.4) is 0 Å². The average molecular weight is 337 g/mol. The van der Waals surface area contributed by atoms with Gasteiger partial charge in [0.05, 0.1) is 6.04 Å². The van der Waals surface area contributed by atoms with E-state index in [9.17, 15) is 4.79 Å². The molecular formula is C20H17ClN2O. The van der Waals surface area contributed by atoms with Crippen molar-refractivity contribution in [1.82, 2.24) is 10.3 Å². The van der Waals surface area contributed by atoms with E-state index in [1.165, 1.54) is 0 Å². The number of nitrogens with one attached hydrogen (secondary N) is 1. The lowest BCUT2D eigenvalue weighted by molar-refractivity contribution is 0.0942. The molecule has 3 rings (SSSR count). The maximum atomic E-state index is 12.7. The van der Waals surface area contributed by atoms with Crippen molar-refractivity contribution in [2.75, 3.05) is 0 Å². The Morgan fingerprint density at radius 2 is 1.75 bits per heavy atom. The fourth-order valence-corrected chi connectivity index (χ4v) is 2.72. The van der Waals surface area contributed by atoms with E-state index >= 15 is 0 Å². The van der Waals surface area contributed by atoms with Gasteiger partial charge >= 0.3 is 0 Å². The number of pyridine rings is 1.